The second-order valence-electron chi connectivity index (χ2n) is 7.49. The molecule has 154 valence electrons. The summed E-state index contributed by atoms with van der Waals surface area (Å²) in [5, 5.41) is 7.16. The third-order valence-electron chi connectivity index (χ3n) is 4.74. The zero-order valence-electron chi connectivity index (χ0n) is 16.9. The van der Waals surface area contributed by atoms with Crippen molar-refractivity contribution in [2.45, 2.75) is 26.4 Å². The van der Waals surface area contributed by atoms with Crippen LogP contribution in [-0.2, 0) is 11.3 Å². The SMILES string of the molecule is CC(C)NC(=O)CN1CCN(C(=O)c2ccc(=O)n(Cc3ccccc3)n2)CC1. The summed E-state index contributed by atoms with van der Waals surface area (Å²) in [4.78, 5) is 40.6. The van der Waals surface area contributed by atoms with Crippen LogP contribution in [0.4, 0.5) is 0 Å². The van der Waals surface area contributed by atoms with Gasteiger partial charge in [0.2, 0.25) is 5.91 Å². The van der Waals surface area contributed by atoms with Crippen LogP contribution in [0.25, 0.3) is 0 Å². The third kappa shape index (κ3) is 5.74. The Morgan fingerprint density at radius 1 is 1.03 bits per heavy atom. The lowest BCUT2D eigenvalue weighted by molar-refractivity contribution is -0.123. The summed E-state index contributed by atoms with van der Waals surface area (Å²) >= 11 is 0. The van der Waals surface area contributed by atoms with Crippen molar-refractivity contribution < 1.29 is 9.59 Å². The smallest absolute Gasteiger partial charge is 0.274 e. The first-order chi connectivity index (χ1) is 13.9. The van der Waals surface area contributed by atoms with Gasteiger partial charge in [-0.15, -0.1) is 0 Å². The standard InChI is InChI=1S/C21H27N5O3/c1-16(2)22-19(27)15-24-10-12-25(13-11-24)21(29)18-8-9-20(28)26(23-18)14-17-6-4-3-5-7-17/h3-9,16H,10-15H2,1-2H3,(H,22,27). The zero-order valence-corrected chi connectivity index (χ0v) is 16.9. The molecular weight excluding hydrogens is 370 g/mol. The van der Waals surface area contributed by atoms with Crippen LogP contribution in [0.2, 0.25) is 0 Å². The summed E-state index contributed by atoms with van der Waals surface area (Å²) in [6.45, 7) is 6.81. The summed E-state index contributed by atoms with van der Waals surface area (Å²) in [7, 11) is 0. The molecule has 3 rings (SSSR count). The van der Waals surface area contributed by atoms with Crippen molar-refractivity contribution >= 4 is 11.8 Å². The minimum atomic E-state index is -0.244. The van der Waals surface area contributed by atoms with E-state index in [1.54, 1.807) is 4.90 Å². The number of nitrogens with zero attached hydrogens (tertiary/aromatic N) is 4. The Balaban J connectivity index is 1.60. The molecule has 0 radical (unpaired) electrons. The molecular formula is C21H27N5O3. The first-order valence-electron chi connectivity index (χ1n) is 9.85. The largest absolute Gasteiger partial charge is 0.353 e. The molecule has 2 aromatic rings. The van der Waals surface area contributed by atoms with Crippen LogP contribution in [0, 0.1) is 0 Å². The number of nitrogens with one attached hydrogen (secondary N) is 1. The summed E-state index contributed by atoms with van der Waals surface area (Å²) in [6.07, 6.45) is 0. The van der Waals surface area contributed by atoms with E-state index in [9.17, 15) is 14.4 Å². The summed E-state index contributed by atoms with van der Waals surface area (Å²) in [5.74, 6) is -0.201. The molecule has 8 nitrogen and oxygen atoms in total. The Morgan fingerprint density at radius 2 is 1.72 bits per heavy atom. The van der Waals surface area contributed by atoms with E-state index in [4.69, 9.17) is 0 Å². The van der Waals surface area contributed by atoms with Crippen LogP contribution in [0.5, 0.6) is 0 Å². The second-order valence-corrected chi connectivity index (χ2v) is 7.49. The van der Waals surface area contributed by atoms with E-state index in [2.05, 4.69) is 10.4 Å². The zero-order chi connectivity index (χ0) is 20.8. The average molecular weight is 397 g/mol. The summed E-state index contributed by atoms with van der Waals surface area (Å²) in [5.41, 5.74) is 0.956. The van der Waals surface area contributed by atoms with E-state index in [1.807, 2.05) is 49.1 Å². The molecule has 1 aromatic heterocycles. The first kappa shape index (κ1) is 20.7. The average Bonchev–Trinajstić information content (AvgIpc) is 2.70. The number of hydrogen-bond acceptors (Lipinski definition) is 5. The molecule has 0 unspecified atom stereocenters. The number of benzene rings is 1. The van der Waals surface area contributed by atoms with Crippen molar-refractivity contribution in [3.63, 3.8) is 0 Å². The second kappa shape index (κ2) is 9.47. The molecule has 0 saturated carbocycles. The summed E-state index contributed by atoms with van der Waals surface area (Å²) in [6, 6.07) is 12.5. The number of piperazine rings is 1. The van der Waals surface area contributed by atoms with Gasteiger partial charge in [0.25, 0.3) is 11.5 Å². The maximum absolute atomic E-state index is 12.8. The molecule has 1 N–H and O–H groups in total. The van der Waals surface area contributed by atoms with Crippen molar-refractivity contribution in [2.24, 2.45) is 0 Å². The van der Waals surface area contributed by atoms with E-state index in [0.29, 0.717) is 39.3 Å². The molecule has 8 heteroatoms. The molecule has 1 aliphatic heterocycles. The Hall–Kier alpha value is -3.00. The van der Waals surface area contributed by atoms with E-state index in [0.717, 1.165) is 5.56 Å². The van der Waals surface area contributed by atoms with Gasteiger partial charge in [0.15, 0.2) is 0 Å². The van der Waals surface area contributed by atoms with Crippen LogP contribution in [0.1, 0.15) is 29.9 Å². The Labute approximate surface area is 170 Å². The van der Waals surface area contributed by atoms with Crippen LogP contribution in [-0.4, -0.2) is 70.2 Å². The Bertz CT molecular complexity index is 902. The van der Waals surface area contributed by atoms with E-state index < -0.39 is 0 Å². The monoisotopic (exact) mass is 397 g/mol. The van der Waals surface area contributed by atoms with Gasteiger partial charge in [-0.3, -0.25) is 19.3 Å². The quantitative estimate of drug-likeness (QED) is 0.770. The molecule has 1 fully saturated rings. The van der Waals surface area contributed by atoms with Gasteiger partial charge >= 0.3 is 0 Å². The lowest BCUT2D eigenvalue weighted by Crippen LogP contribution is -2.51. The van der Waals surface area contributed by atoms with Crippen molar-refractivity contribution in [1.82, 2.24) is 24.9 Å². The van der Waals surface area contributed by atoms with Crippen LogP contribution < -0.4 is 10.9 Å². The predicted octanol–water partition coefficient (Wildman–Crippen LogP) is 0.574. The number of amides is 2. The Kier molecular flexibility index (Phi) is 6.77. The minimum Gasteiger partial charge on any atom is -0.353 e. The number of carbonyl (C=O) groups excluding carboxylic acids is 2. The molecule has 29 heavy (non-hydrogen) atoms. The molecule has 1 aromatic carbocycles. The third-order valence-corrected chi connectivity index (χ3v) is 4.74. The van der Waals surface area contributed by atoms with Crippen LogP contribution in [0.15, 0.2) is 47.3 Å². The first-order valence-corrected chi connectivity index (χ1v) is 9.85. The molecule has 0 aliphatic carbocycles. The van der Waals surface area contributed by atoms with Gasteiger partial charge in [-0.2, -0.15) is 5.10 Å². The molecule has 0 atom stereocenters. The number of carbonyl (C=O) groups is 2. The normalized spacial score (nSPS) is 14.8. The summed E-state index contributed by atoms with van der Waals surface area (Å²) < 4.78 is 1.31. The van der Waals surface area contributed by atoms with Gasteiger partial charge in [0, 0.05) is 38.3 Å². The Morgan fingerprint density at radius 3 is 2.38 bits per heavy atom. The van der Waals surface area contributed by atoms with Gasteiger partial charge in [0.1, 0.15) is 5.69 Å². The molecule has 2 amide bonds. The fraction of sp³-hybridized carbons (Fsp3) is 0.429. The van der Waals surface area contributed by atoms with E-state index >= 15 is 0 Å². The van der Waals surface area contributed by atoms with Gasteiger partial charge in [-0.25, -0.2) is 4.68 Å². The molecule has 1 saturated heterocycles. The van der Waals surface area contributed by atoms with Gasteiger partial charge in [0.05, 0.1) is 13.1 Å². The van der Waals surface area contributed by atoms with Gasteiger partial charge in [-0.1, -0.05) is 30.3 Å². The van der Waals surface area contributed by atoms with Crippen molar-refractivity contribution in [1.29, 1.82) is 0 Å². The molecule has 0 spiro atoms. The fourth-order valence-electron chi connectivity index (χ4n) is 3.27. The van der Waals surface area contributed by atoms with E-state index in [1.165, 1.54) is 16.8 Å². The number of hydrogen-bond donors (Lipinski definition) is 1. The van der Waals surface area contributed by atoms with Crippen LogP contribution in [0.3, 0.4) is 0 Å². The highest BCUT2D eigenvalue weighted by molar-refractivity contribution is 5.92. The fourth-order valence-corrected chi connectivity index (χ4v) is 3.27. The highest BCUT2D eigenvalue weighted by atomic mass is 16.2. The maximum atomic E-state index is 12.8. The number of aromatic nitrogens is 2. The molecule has 1 aliphatic rings. The maximum Gasteiger partial charge on any atom is 0.274 e. The predicted molar refractivity (Wildman–Crippen MR) is 110 cm³/mol. The van der Waals surface area contributed by atoms with Gasteiger partial charge < -0.3 is 10.2 Å². The van der Waals surface area contributed by atoms with Crippen LogP contribution >= 0.6 is 0 Å². The number of rotatable bonds is 6. The van der Waals surface area contributed by atoms with Crippen molar-refractivity contribution in [3.8, 4) is 0 Å². The van der Waals surface area contributed by atoms with Gasteiger partial charge in [-0.05, 0) is 25.5 Å². The minimum absolute atomic E-state index is 0.00516. The highest BCUT2D eigenvalue weighted by Gasteiger charge is 2.24. The van der Waals surface area contributed by atoms with Crippen molar-refractivity contribution in [2.75, 3.05) is 32.7 Å². The lowest BCUT2D eigenvalue weighted by Gasteiger charge is -2.34. The molecule has 0 bridgehead atoms. The van der Waals surface area contributed by atoms with E-state index in [-0.39, 0.29) is 29.1 Å². The van der Waals surface area contributed by atoms with Crippen molar-refractivity contribution in [3.05, 3.63) is 64.1 Å². The topological polar surface area (TPSA) is 87.5 Å². The molecule has 2 heterocycles. The lowest BCUT2D eigenvalue weighted by atomic mass is 10.2. The highest BCUT2D eigenvalue weighted by Crippen LogP contribution is 2.07.